The minimum Gasteiger partial charge on any atom is -0.480 e. The molecule has 0 amide bonds. The Hall–Kier alpha value is -1.50. The predicted octanol–water partition coefficient (Wildman–Crippen LogP) is 1.75. The molecule has 0 aliphatic carbocycles. The van der Waals surface area contributed by atoms with Gasteiger partial charge in [0.2, 0.25) is 5.92 Å². The van der Waals surface area contributed by atoms with E-state index in [4.69, 9.17) is 10.2 Å². The Morgan fingerprint density at radius 1 is 1.13 bits per heavy atom. The summed E-state index contributed by atoms with van der Waals surface area (Å²) in [6.45, 7) is 2.09. The van der Waals surface area contributed by atoms with E-state index in [1.54, 1.807) is 0 Å². The summed E-state index contributed by atoms with van der Waals surface area (Å²) in [5.41, 5.74) is 0. The SMILES string of the molecule is CCCCCCC#CC(C(=O)O)C(=O)O. The number of hydrogen-bond donors (Lipinski definition) is 2. The lowest BCUT2D eigenvalue weighted by molar-refractivity contribution is -0.151. The van der Waals surface area contributed by atoms with Gasteiger partial charge in [-0.3, -0.25) is 9.59 Å². The van der Waals surface area contributed by atoms with E-state index < -0.39 is 17.9 Å². The number of carboxylic acids is 2. The van der Waals surface area contributed by atoms with Gasteiger partial charge in [0, 0.05) is 6.42 Å². The van der Waals surface area contributed by atoms with E-state index in [1.807, 2.05) is 0 Å². The maximum absolute atomic E-state index is 10.4. The minimum atomic E-state index is -1.59. The fraction of sp³-hybridized carbons (Fsp3) is 0.636. The zero-order valence-corrected chi connectivity index (χ0v) is 8.82. The minimum absolute atomic E-state index is 0.567. The molecule has 84 valence electrons. The topological polar surface area (TPSA) is 74.6 Å². The standard InChI is InChI=1S/C11H16O4/c1-2-3-4-5-6-7-8-9(10(12)13)11(14)15/h9H,2-6H2,1H3,(H,12,13)(H,14,15). The van der Waals surface area contributed by atoms with Crippen molar-refractivity contribution < 1.29 is 19.8 Å². The van der Waals surface area contributed by atoms with Crippen molar-refractivity contribution in [3.63, 3.8) is 0 Å². The monoisotopic (exact) mass is 212 g/mol. The average molecular weight is 212 g/mol. The summed E-state index contributed by atoms with van der Waals surface area (Å²) in [4.78, 5) is 20.8. The quantitative estimate of drug-likeness (QED) is 0.399. The molecule has 0 aliphatic rings. The zero-order valence-electron chi connectivity index (χ0n) is 8.82. The van der Waals surface area contributed by atoms with Crippen molar-refractivity contribution in [2.75, 3.05) is 0 Å². The van der Waals surface area contributed by atoms with Gasteiger partial charge in [-0.15, -0.1) is 5.92 Å². The van der Waals surface area contributed by atoms with Crippen molar-refractivity contribution in [2.24, 2.45) is 5.92 Å². The van der Waals surface area contributed by atoms with E-state index in [9.17, 15) is 9.59 Å². The molecule has 0 bridgehead atoms. The summed E-state index contributed by atoms with van der Waals surface area (Å²) in [6, 6.07) is 0. The van der Waals surface area contributed by atoms with Crippen LogP contribution in [0.2, 0.25) is 0 Å². The highest BCUT2D eigenvalue weighted by molar-refractivity contribution is 5.96. The summed E-state index contributed by atoms with van der Waals surface area (Å²) < 4.78 is 0. The third-order valence-corrected chi connectivity index (χ3v) is 1.90. The lowest BCUT2D eigenvalue weighted by Crippen LogP contribution is -2.21. The normalized spacial score (nSPS) is 9.47. The molecule has 0 radical (unpaired) electrons. The molecule has 4 heteroatoms. The van der Waals surface area contributed by atoms with E-state index >= 15 is 0 Å². The highest BCUT2D eigenvalue weighted by Gasteiger charge is 2.22. The maximum Gasteiger partial charge on any atom is 0.330 e. The van der Waals surface area contributed by atoms with Crippen LogP contribution in [0.25, 0.3) is 0 Å². The van der Waals surface area contributed by atoms with Crippen LogP contribution in [0.15, 0.2) is 0 Å². The molecule has 0 aromatic heterocycles. The molecule has 0 heterocycles. The van der Waals surface area contributed by atoms with Crippen LogP contribution in [0.3, 0.4) is 0 Å². The molecule has 0 atom stereocenters. The Morgan fingerprint density at radius 3 is 2.20 bits per heavy atom. The van der Waals surface area contributed by atoms with Crippen LogP contribution in [-0.4, -0.2) is 22.2 Å². The van der Waals surface area contributed by atoms with Gasteiger partial charge in [-0.2, -0.15) is 0 Å². The first kappa shape index (κ1) is 13.5. The third-order valence-electron chi connectivity index (χ3n) is 1.90. The molecule has 2 N–H and O–H groups in total. The number of aliphatic carboxylic acids is 2. The molecule has 0 saturated carbocycles. The van der Waals surface area contributed by atoms with Crippen molar-refractivity contribution in [3.05, 3.63) is 0 Å². The van der Waals surface area contributed by atoms with Gasteiger partial charge in [-0.05, 0) is 6.42 Å². The fourth-order valence-corrected chi connectivity index (χ4v) is 1.04. The van der Waals surface area contributed by atoms with Crippen LogP contribution in [0.5, 0.6) is 0 Å². The summed E-state index contributed by atoms with van der Waals surface area (Å²) in [5.74, 6) is 0.456. The Bertz CT molecular complexity index is 258. The number of rotatable bonds is 6. The Labute approximate surface area is 89.3 Å². The molecule has 0 rings (SSSR count). The zero-order chi connectivity index (χ0) is 11.7. The largest absolute Gasteiger partial charge is 0.480 e. The van der Waals surface area contributed by atoms with E-state index in [-0.39, 0.29) is 0 Å². The van der Waals surface area contributed by atoms with Gasteiger partial charge < -0.3 is 10.2 Å². The average Bonchev–Trinajstić information content (AvgIpc) is 2.15. The number of unbranched alkanes of at least 4 members (excludes halogenated alkanes) is 4. The lowest BCUT2D eigenvalue weighted by atomic mass is 10.1. The molecule has 0 saturated heterocycles. The second-order valence-corrected chi connectivity index (χ2v) is 3.24. The second kappa shape index (κ2) is 7.86. The van der Waals surface area contributed by atoms with Crippen molar-refractivity contribution in [3.8, 4) is 11.8 Å². The molecule has 0 spiro atoms. The Balaban J connectivity index is 3.91. The van der Waals surface area contributed by atoms with E-state index in [0.29, 0.717) is 6.42 Å². The Kier molecular flexibility index (Phi) is 7.08. The molecule has 15 heavy (non-hydrogen) atoms. The van der Waals surface area contributed by atoms with Gasteiger partial charge in [-0.25, -0.2) is 0 Å². The maximum atomic E-state index is 10.4. The molecule has 0 fully saturated rings. The van der Waals surface area contributed by atoms with Crippen molar-refractivity contribution in [2.45, 2.75) is 39.0 Å². The van der Waals surface area contributed by atoms with Gasteiger partial charge in [-0.1, -0.05) is 32.1 Å². The molecule has 0 aromatic rings. The third kappa shape index (κ3) is 6.55. The molecular formula is C11H16O4. The summed E-state index contributed by atoms with van der Waals surface area (Å²) in [6.07, 6.45) is 4.77. The van der Waals surface area contributed by atoms with Gasteiger partial charge in [0.25, 0.3) is 0 Å². The number of carboxylic acid groups (broad SMARTS) is 2. The van der Waals surface area contributed by atoms with Gasteiger partial charge in [0.05, 0.1) is 0 Å². The predicted molar refractivity (Wildman–Crippen MR) is 55.3 cm³/mol. The van der Waals surface area contributed by atoms with Crippen LogP contribution in [-0.2, 0) is 9.59 Å². The first-order valence-electron chi connectivity index (χ1n) is 5.03. The van der Waals surface area contributed by atoms with Gasteiger partial charge in [0.1, 0.15) is 0 Å². The fourth-order valence-electron chi connectivity index (χ4n) is 1.04. The summed E-state index contributed by atoms with van der Waals surface area (Å²) in [5, 5.41) is 17.0. The summed E-state index contributed by atoms with van der Waals surface area (Å²) >= 11 is 0. The molecule has 4 nitrogen and oxygen atoms in total. The highest BCUT2D eigenvalue weighted by atomic mass is 16.4. The molecule has 0 aliphatic heterocycles. The van der Waals surface area contributed by atoms with Crippen molar-refractivity contribution in [1.29, 1.82) is 0 Å². The lowest BCUT2D eigenvalue weighted by Gasteiger charge is -1.96. The molecular weight excluding hydrogens is 196 g/mol. The van der Waals surface area contributed by atoms with E-state index in [2.05, 4.69) is 18.8 Å². The van der Waals surface area contributed by atoms with Crippen LogP contribution in [0, 0.1) is 17.8 Å². The Morgan fingerprint density at radius 2 is 1.73 bits per heavy atom. The van der Waals surface area contributed by atoms with Crippen LogP contribution in [0.1, 0.15) is 39.0 Å². The van der Waals surface area contributed by atoms with E-state index in [1.165, 1.54) is 0 Å². The smallest absolute Gasteiger partial charge is 0.330 e. The molecule has 0 aromatic carbocycles. The van der Waals surface area contributed by atoms with E-state index in [0.717, 1.165) is 25.7 Å². The van der Waals surface area contributed by atoms with Crippen LogP contribution < -0.4 is 0 Å². The van der Waals surface area contributed by atoms with Crippen LogP contribution in [0.4, 0.5) is 0 Å². The number of hydrogen-bond acceptors (Lipinski definition) is 2. The first-order chi connectivity index (χ1) is 7.09. The highest BCUT2D eigenvalue weighted by Crippen LogP contribution is 2.02. The van der Waals surface area contributed by atoms with Gasteiger partial charge >= 0.3 is 11.9 Å². The summed E-state index contributed by atoms with van der Waals surface area (Å²) in [7, 11) is 0. The van der Waals surface area contributed by atoms with Crippen LogP contribution >= 0.6 is 0 Å². The molecule has 0 unspecified atom stereocenters. The van der Waals surface area contributed by atoms with Crippen molar-refractivity contribution >= 4 is 11.9 Å². The first-order valence-corrected chi connectivity index (χ1v) is 5.03. The van der Waals surface area contributed by atoms with Crippen molar-refractivity contribution in [1.82, 2.24) is 0 Å². The number of carbonyl (C=O) groups is 2. The van der Waals surface area contributed by atoms with Gasteiger partial charge in [0.15, 0.2) is 0 Å². The second-order valence-electron chi connectivity index (χ2n) is 3.24.